The third kappa shape index (κ3) is 3.90. The summed E-state index contributed by atoms with van der Waals surface area (Å²) in [6, 6.07) is 2.56. The van der Waals surface area contributed by atoms with Crippen LogP contribution in [0.4, 0.5) is 19.3 Å². The Balaban J connectivity index is 2.62. The highest BCUT2D eigenvalue weighted by molar-refractivity contribution is 5.89. The molecule has 0 aliphatic heterocycles. The van der Waals surface area contributed by atoms with Crippen LogP contribution in [0.3, 0.4) is 0 Å². The van der Waals surface area contributed by atoms with Gasteiger partial charge in [-0.3, -0.25) is 4.79 Å². The molecule has 0 unspecified atom stereocenters. The molecule has 2 amide bonds. The predicted octanol–water partition coefficient (Wildman–Crippen LogP) is 2.20. The molecule has 3 N–H and O–H groups in total. The molecular formula is C12H14F2N2O3. The first-order chi connectivity index (χ1) is 8.74. The summed E-state index contributed by atoms with van der Waals surface area (Å²) < 4.78 is 26.1. The lowest BCUT2D eigenvalue weighted by atomic mass is 9.94. The van der Waals surface area contributed by atoms with Crippen molar-refractivity contribution in [2.24, 2.45) is 5.41 Å². The Morgan fingerprint density at radius 3 is 2.53 bits per heavy atom. The van der Waals surface area contributed by atoms with Gasteiger partial charge in [0.15, 0.2) is 11.6 Å². The van der Waals surface area contributed by atoms with E-state index in [9.17, 15) is 18.4 Å². The number of nitrogens with one attached hydrogen (secondary N) is 2. The van der Waals surface area contributed by atoms with Gasteiger partial charge in [-0.15, -0.1) is 0 Å². The number of rotatable bonds is 4. The van der Waals surface area contributed by atoms with E-state index in [-0.39, 0.29) is 12.2 Å². The minimum absolute atomic E-state index is 0.148. The molecular weight excluding hydrogens is 258 g/mol. The average Bonchev–Trinajstić information content (AvgIpc) is 2.32. The van der Waals surface area contributed by atoms with Gasteiger partial charge in [-0.25, -0.2) is 13.6 Å². The molecule has 7 heteroatoms. The van der Waals surface area contributed by atoms with Crippen molar-refractivity contribution in [3.05, 3.63) is 29.8 Å². The average molecular weight is 272 g/mol. The Morgan fingerprint density at radius 1 is 1.32 bits per heavy atom. The second-order valence-electron chi connectivity index (χ2n) is 4.60. The first kappa shape index (κ1) is 14.9. The van der Waals surface area contributed by atoms with Gasteiger partial charge in [-0.1, -0.05) is 6.07 Å². The van der Waals surface area contributed by atoms with Crippen molar-refractivity contribution >= 4 is 17.7 Å². The van der Waals surface area contributed by atoms with Gasteiger partial charge in [0.1, 0.15) is 0 Å². The van der Waals surface area contributed by atoms with Crippen LogP contribution in [0.5, 0.6) is 0 Å². The Kier molecular flexibility index (Phi) is 4.42. The third-order valence-corrected chi connectivity index (χ3v) is 2.47. The Bertz CT molecular complexity index is 504. The maximum Gasteiger partial charge on any atom is 0.319 e. The molecule has 1 aromatic carbocycles. The van der Waals surface area contributed by atoms with E-state index >= 15 is 0 Å². The summed E-state index contributed by atoms with van der Waals surface area (Å²) in [7, 11) is 0. The van der Waals surface area contributed by atoms with Crippen molar-refractivity contribution in [2.45, 2.75) is 13.8 Å². The first-order valence-corrected chi connectivity index (χ1v) is 5.46. The number of carbonyl (C=O) groups excluding carboxylic acids is 1. The highest BCUT2D eigenvalue weighted by Gasteiger charge is 2.27. The minimum Gasteiger partial charge on any atom is -0.481 e. The molecule has 0 atom stereocenters. The number of aliphatic carboxylic acids is 1. The quantitative estimate of drug-likeness (QED) is 0.786. The van der Waals surface area contributed by atoms with E-state index in [1.807, 2.05) is 0 Å². The predicted molar refractivity (Wildman–Crippen MR) is 64.8 cm³/mol. The lowest BCUT2D eigenvalue weighted by molar-refractivity contribution is -0.146. The highest BCUT2D eigenvalue weighted by atomic mass is 19.2. The highest BCUT2D eigenvalue weighted by Crippen LogP contribution is 2.17. The summed E-state index contributed by atoms with van der Waals surface area (Å²) in [5.74, 6) is -3.33. The van der Waals surface area contributed by atoms with E-state index in [0.717, 1.165) is 6.07 Å². The molecule has 0 saturated carbocycles. The van der Waals surface area contributed by atoms with Gasteiger partial charge >= 0.3 is 12.0 Å². The second-order valence-corrected chi connectivity index (χ2v) is 4.60. The summed E-state index contributed by atoms with van der Waals surface area (Å²) in [4.78, 5) is 22.3. The zero-order valence-corrected chi connectivity index (χ0v) is 10.5. The molecule has 1 rings (SSSR count). The number of amides is 2. The number of carbonyl (C=O) groups is 2. The van der Waals surface area contributed by atoms with Crippen LogP contribution in [0.2, 0.25) is 0 Å². The monoisotopic (exact) mass is 272 g/mol. The zero-order valence-electron chi connectivity index (χ0n) is 10.5. The molecule has 0 heterocycles. The minimum atomic E-state index is -1.17. The number of hydrogen-bond acceptors (Lipinski definition) is 2. The lowest BCUT2D eigenvalue weighted by Gasteiger charge is -2.19. The Hall–Kier alpha value is -2.18. The standard InChI is InChI=1S/C12H14F2N2O3/c1-12(2,10(17)18)6-15-11(19)16-8-5-3-4-7(13)9(8)14/h3-5H,6H2,1-2H3,(H,17,18)(H2,15,16,19). The maximum atomic E-state index is 13.3. The van der Waals surface area contributed by atoms with E-state index < -0.39 is 29.0 Å². The number of anilines is 1. The van der Waals surface area contributed by atoms with E-state index in [2.05, 4.69) is 10.6 Å². The molecule has 0 spiro atoms. The van der Waals surface area contributed by atoms with Gasteiger partial charge in [0.25, 0.3) is 0 Å². The Labute approximate surface area is 108 Å². The molecule has 0 aliphatic carbocycles. The molecule has 0 aromatic heterocycles. The van der Waals surface area contributed by atoms with Crippen molar-refractivity contribution in [1.29, 1.82) is 0 Å². The van der Waals surface area contributed by atoms with E-state index in [1.54, 1.807) is 0 Å². The van der Waals surface area contributed by atoms with Crippen LogP contribution in [-0.4, -0.2) is 23.7 Å². The summed E-state index contributed by atoms with van der Waals surface area (Å²) in [5.41, 5.74) is -1.47. The van der Waals surface area contributed by atoms with Crippen molar-refractivity contribution in [1.82, 2.24) is 5.32 Å². The fraction of sp³-hybridized carbons (Fsp3) is 0.333. The van der Waals surface area contributed by atoms with Crippen molar-refractivity contribution in [2.75, 3.05) is 11.9 Å². The number of hydrogen-bond donors (Lipinski definition) is 3. The number of carboxylic acid groups (broad SMARTS) is 1. The topological polar surface area (TPSA) is 78.4 Å². The summed E-state index contributed by atoms with van der Waals surface area (Å²) in [6.45, 7) is 2.71. The van der Waals surface area contributed by atoms with Crippen molar-refractivity contribution < 1.29 is 23.5 Å². The van der Waals surface area contributed by atoms with Crippen LogP contribution in [0.15, 0.2) is 18.2 Å². The smallest absolute Gasteiger partial charge is 0.319 e. The summed E-state index contributed by atoms with van der Waals surface area (Å²) in [6.07, 6.45) is 0. The molecule has 0 radical (unpaired) electrons. The van der Waals surface area contributed by atoms with E-state index in [4.69, 9.17) is 5.11 Å². The number of halogens is 2. The molecule has 1 aromatic rings. The molecule has 0 bridgehead atoms. The van der Waals surface area contributed by atoms with Gasteiger partial charge in [0.05, 0.1) is 11.1 Å². The molecule has 5 nitrogen and oxygen atoms in total. The summed E-state index contributed by atoms with van der Waals surface area (Å²) >= 11 is 0. The molecule has 0 saturated heterocycles. The fourth-order valence-corrected chi connectivity index (χ4v) is 1.14. The SMILES string of the molecule is CC(C)(CNC(=O)Nc1cccc(F)c1F)C(=O)O. The van der Waals surface area contributed by atoms with Crippen molar-refractivity contribution in [3.63, 3.8) is 0 Å². The fourth-order valence-electron chi connectivity index (χ4n) is 1.14. The van der Waals surface area contributed by atoms with E-state index in [1.165, 1.54) is 26.0 Å². The van der Waals surface area contributed by atoms with Gasteiger partial charge in [0.2, 0.25) is 0 Å². The van der Waals surface area contributed by atoms with Crippen LogP contribution in [0.1, 0.15) is 13.8 Å². The lowest BCUT2D eigenvalue weighted by Crippen LogP contribution is -2.40. The zero-order chi connectivity index (χ0) is 14.6. The Morgan fingerprint density at radius 2 is 1.95 bits per heavy atom. The number of benzene rings is 1. The largest absolute Gasteiger partial charge is 0.481 e. The molecule has 104 valence electrons. The summed E-state index contributed by atoms with van der Waals surface area (Å²) in [5, 5.41) is 13.2. The van der Waals surface area contributed by atoms with Gasteiger partial charge in [0, 0.05) is 6.54 Å². The van der Waals surface area contributed by atoms with Crippen LogP contribution >= 0.6 is 0 Å². The first-order valence-electron chi connectivity index (χ1n) is 5.46. The van der Waals surface area contributed by atoms with Crippen LogP contribution in [-0.2, 0) is 4.79 Å². The van der Waals surface area contributed by atoms with E-state index in [0.29, 0.717) is 0 Å². The van der Waals surface area contributed by atoms with Gasteiger partial charge in [-0.2, -0.15) is 0 Å². The third-order valence-electron chi connectivity index (χ3n) is 2.47. The van der Waals surface area contributed by atoms with Gasteiger partial charge < -0.3 is 15.7 Å². The molecule has 0 aliphatic rings. The molecule has 19 heavy (non-hydrogen) atoms. The van der Waals surface area contributed by atoms with Gasteiger partial charge in [-0.05, 0) is 26.0 Å². The normalized spacial score (nSPS) is 10.9. The van der Waals surface area contributed by atoms with Crippen LogP contribution in [0.25, 0.3) is 0 Å². The maximum absolute atomic E-state index is 13.3. The number of urea groups is 1. The second kappa shape index (κ2) is 5.64. The number of carboxylic acids is 1. The van der Waals surface area contributed by atoms with Crippen LogP contribution in [0, 0.1) is 17.0 Å². The molecule has 0 fully saturated rings. The van der Waals surface area contributed by atoms with Crippen molar-refractivity contribution in [3.8, 4) is 0 Å². The van der Waals surface area contributed by atoms with Crippen LogP contribution < -0.4 is 10.6 Å².